The molecule has 1 aromatic heterocycles. The van der Waals surface area contributed by atoms with E-state index in [9.17, 15) is 4.79 Å². The van der Waals surface area contributed by atoms with Crippen LogP contribution in [0.15, 0.2) is 47.1 Å². The van der Waals surface area contributed by atoms with Crippen LogP contribution in [0.1, 0.15) is 29.5 Å². The fourth-order valence-electron chi connectivity index (χ4n) is 2.02. The third-order valence-corrected chi connectivity index (χ3v) is 3.13. The van der Waals surface area contributed by atoms with Gasteiger partial charge in [-0.15, -0.1) is 0 Å². The average Bonchev–Trinajstić information content (AvgIpc) is 2.98. The molecular formula is C16H19NO3. The maximum absolute atomic E-state index is 12.2. The Bertz CT molecular complexity index is 549. The minimum Gasteiger partial charge on any atom is -0.496 e. The van der Waals surface area contributed by atoms with E-state index >= 15 is 0 Å². The fourth-order valence-corrected chi connectivity index (χ4v) is 2.02. The first-order chi connectivity index (χ1) is 9.70. The molecular weight excluding hydrogens is 254 g/mol. The lowest BCUT2D eigenvalue weighted by Crippen LogP contribution is -2.33. The standard InChI is InChI=1S/C16H19NO3/c1-12(9-10-13-6-5-11-20-13)17-16(18)14-7-3-4-8-15(14)19-2/h3-8,11-12H,9-10H2,1-2H3,(H,17,18). The average molecular weight is 273 g/mol. The molecule has 20 heavy (non-hydrogen) atoms. The third kappa shape index (κ3) is 3.63. The van der Waals surface area contributed by atoms with Gasteiger partial charge in [0.25, 0.3) is 5.91 Å². The number of rotatable bonds is 6. The molecule has 1 atom stereocenters. The number of hydrogen-bond acceptors (Lipinski definition) is 3. The Kier molecular flexibility index (Phi) is 4.82. The molecule has 1 amide bonds. The molecule has 1 heterocycles. The maximum Gasteiger partial charge on any atom is 0.255 e. The summed E-state index contributed by atoms with van der Waals surface area (Å²) in [5.41, 5.74) is 0.555. The second-order valence-corrected chi connectivity index (χ2v) is 4.69. The molecule has 0 spiro atoms. The van der Waals surface area contributed by atoms with Crippen LogP contribution in [-0.2, 0) is 6.42 Å². The smallest absolute Gasteiger partial charge is 0.255 e. The van der Waals surface area contributed by atoms with Gasteiger partial charge < -0.3 is 14.5 Å². The van der Waals surface area contributed by atoms with Gasteiger partial charge in [-0.2, -0.15) is 0 Å². The molecule has 2 rings (SSSR count). The first-order valence-corrected chi connectivity index (χ1v) is 6.67. The molecule has 2 aromatic rings. The number of para-hydroxylation sites is 1. The second kappa shape index (κ2) is 6.80. The number of carbonyl (C=O) groups is 1. The Hall–Kier alpha value is -2.23. The van der Waals surface area contributed by atoms with Crippen molar-refractivity contribution in [1.29, 1.82) is 0 Å². The Morgan fingerprint density at radius 2 is 2.10 bits per heavy atom. The van der Waals surface area contributed by atoms with Crippen LogP contribution in [0, 0.1) is 0 Å². The van der Waals surface area contributed by atoms with Crippen molar-refractivity contribution >= 4 is 5.91 Å². The van der Waals surface area contributed by atoms with Gasteiger partial charge in [-0.3, -0.25) is 4.79 Å². The van der Waals surface area contributed by atoms with Crippen molar-refractivity contribution in [2.24, 2.45) is 0 Å². The van der Waals surface area contributed by atoms with Crippen LogP contribution in [0.5, 0.6) is 5.75 Å². The zero-order chi connectivity index (χ0) is 14.4. The Morgan fingerprint density at radius 1 is 1.30 bits per heavy atom. The maximum atomic E-state index is 12.2. The van der Waals surface area contributed by atoms with Crippen LogP contribution in [0.25, 0.3) is 0 Å². The highest BCUT2D eigenvalue weighted by Gasteiger charge is 2.14. The number of methoxy groups -OCH3 is 1. The van der Waals surface area contributed by atoms with Crippen molar-refractivity contribution in [2.45, 2.75) is 25.8 Å². The van der Waals surface area contributed by atoms with Crippen LogP contribution in [0.3, 0.4) is 0 Å². The first-order valence-electron chi connectivity index (χ1n) is 6.67. The molecule has 1 aromatic carbocycles. The van der Waals surface area contributed by atoms with Crippen molar-refractivity contribution in [2.75, 3.05) is 7.11 Å². The van der Waals surface area contributed by atoms with E-state index in [4.69, 9.17) is 9.15 Å². The topological polar surface area (TPSA) is 51.5 Å². The summed E-state index contributed by atoms with van der Waals surface area (Å²) in [6, 6.07) is 11.1. The largest absolute Gasteiger partial charge is 0.496 e. The number of ether oxygens (including phenoxy) is 1. The number of hydrogen-bond donors (Lipinski definition) is 1. The van der Waals surface area contributed by atoms with E-state index in [2.05, 4.69) is 5.32 Å². The lowest BCUT2D eigenvalue weighted by Gasteiger charge is -2.14. The van der Waals surface area contributed by atoms with Gasteiger partial charge >= 0.3 is 0 Å². The van der Waals surface area contributed by atoms with Gasteiger partial charge in [-0.1, -0.05) is 12.1 Å². The normalized spacial score (nSPS) is 11.9. The molecule has 0 bridgehead atoms. The fraction of sp³-hybridized carbons (Fsp3) is 0.312. The molecule has 0 aliphatic carbocycles. The number of aryl methyl sites for hydroxylation is 1. The molecule has 106 valence electrons. The summed E-state index contributed by atoms with van der Waals surface area (Å²) in [6.07, 6.45) is 3.29. The van der Waals surface area contributed by atoms with E-state index in [0.717, 1.165) is 18.6 Å². The lowest BCUT2D eigenvalue weighted by molar-refractivity contribution is 0.0935. The van der Waals surface area contributed by atoms with E-state index in [-0.39, 0.29) is 11.9 Å². The van der Waals surface area contributed by atoms with Crippen molar-refractivity contribution in [3.05, 3.63) is 54.0 Å². The molecule has 1 unspecified atom stereocenters. The zero-order valence-corrected chi connectivity index (χ0v) is 11.8. The Balaban J connectivity index is 1.90. The Morgan fingerprint density at radius 3 is 2.80 bits per heavy atom. The summed E-state index contributed by atoms with van der Waals surface area (Å²) in [5.74, 6) is 1.40. The van der Waals surface area contributed by atoms with Crippen LogP contribution < -0.4 is 10.1 Å². The van der Waals surface area contributed by atoms with Crippen LogP contribution in [0.2, 0.25) is 0 Å². The SMILES string of the molecule is COc1ccccc1C(=O)NC(C)CCc1ccco1. The molecule has 1 N–H and O–H groups in total. The first kappa shape index (κ1) is 14.2. The number of amides is 1. The van der Waals surface area contributed by atoms with Crippen LogP contribution in [0.4, 0.5) is 0 Å². The van der Waals surface area contributed by atoms with E-state index in [1.54, 1.807) is 25.5 Å². The number of nitrogens with one attached hydrogen (secondary N) is 1. The highest BCUT2D eigenvalue weighted by molar-refractivity contribution is 5.97. The minimum atomic E-state index is -0.116. The second-order valence-electron chi connectivity index (χ2n) is 4.69. The summed E-state index contributed by atoms with van der Waals surface area (Å²) in [7, 11) is 1.56. The van der Waals surface area contributed by atoms with Gasteiger partial charge in [-0.25, -0.2) is 0 Å². The molecule has 0 saturated carbocycles. The van der Waals surface area contributed by atoms with Crippen LogP contribution in [-0.4, -0.2) is 19.1 Å². The Labute approximate surface area is 118 Å². The summed E-state index contributed by atoms with van der Waals surface area (Å²) < 4.78 is 10.5. The van der Waals surface area contributed by atoms with Gasteiger partial charge in [0.1, 0.15) is 11.5 Å². The van der Waals surface area contributed by atoms with Crippen LogP contribution >= 0.6 is 0 Å². The summed E-state index contributed by atoms with van der Waals surface area (Å²) in [4.78, 5) is 12.2. The molecule has 0 radical (unpaired) electrons. The number of furan rings is 1. The van der Waals surface area contributed by atoms with Gasteiger partial charge in [0, 0.05) is 12.5 Å². The minimum absolute atomic E-state index is 0.0671. The van der Waals surface area contributed by atoms with E-state index < -0.39 is 0 Å². The predicted octanol–water partition coefficient (Wildman–Crippen LogP) is 3.04. The summed E-state index contributed by atoms with van der Waals surface area (Å²) >= 11 is 0. The monoisotopic (exact) mass is 273 g/mol. The van der Waals surface area contributed by atoms with Crippen molar-refractivity contribution in [1.82, 2.24) is 5.32 Å². The van der Waals surface area contributed by atoms with E-state index in [0.29, 0.717) is 11.3 Å². The molecule has 0 aliphatic rings. The molecule has 0 saturated heterocycles. The van der Waals surface area contributed by atoms with Crippen molar-refractivity contribution in [3.8, 4) is 5.75 Å². The van der Waals surface area contributed by atoms with Gasteiger partial charge in [0.2, 0.25) is 0 Å². The highest BCUT2D eigenvalue weighted by Crippen LogP contribution is 2.17. The lowest BCUT2D eigenvalue weighted by atomic mass is 10.1. The van der Waals surface area contributed by atoms with Gasteiger partial charge in [-0.05, 0) is 37.6 Å². The van der Waals surface area contributed by atoms with E-state index in [1.165, 1.54) is 0 Å². The van der Waals surface area contributed by atoms with Gasteiger partial charge in [0.15, 0.2) is 0 Å². The molecule has 4 nitrogen and oxygen atoms in total. The third-order valence-electron chi connectivity index (χ3n) is 3.13. The number of benzene rings is 1. The highest BCUT2D eigenvalue weighted by atomic mass is 16.5. The summed E-state index contributed by atoms with van der Waals surface area (Å²) in [6.45, 7) is 1.98. The van der Waals surface area contributed by atoms with E-state index in [1.807, 2.05) is 31.2 Å². The summed E-state index contributed by atoms with van der Waals surface area (Å²) in [5, 5.41) is 2.97. The zero-order valence-electron chi connectivity index (χ0n) is 11.8. The van der Waals surface area contributed by atoms with Gasteiger partial charge in [0.05, 0.1) is 18.9 Å². The van der Waals surface area contributed by atoms with Crippen molar-refractivity contribution in [3.63, 3.8) is 0 Å². The van der Waals surface area contributed by atoms with Crippen molar-refractivity contribution < 1.29 is 13.9 Å². The molecule has 0 aliphatic heterocycles. The quantitative estimate of drug-likeness (QED) is 0.880. The number of carbonyl (C=O) groups excluding carboxylic acids is 1. The molecule has 0 fully saturated rings. The predicted molar refractivity (Wildman–Crippen MR) is 77.0 cm³/mol. The molecule has 4 heteroatoms.